The molecule has 1 aliphatic rings. The van der Waals surface area contributed by atoms with Crippen molar-refractivity contribution >= 4 is 22.9 Å². The fraction of sp³-hybridized carbons (Fsp3) is 0.550. The number of halogens is 3. The maximum absolute atomic E-state index is 13.2. The third-order valence-electron chi connectivity index (χ3n) is 5.37. The normalized spacial score (nSPS) is 14.5. The highest BCUT2D eigenvalue weighted by molar-refractivity contribution is 5.83. The molecule has 9 nitrogen and oxygen atoms in total. The Balaban J connectivity index is 0.00000141. The van der Waals surface area contributed by atoms with Crippen molar-refractivity contribution in [2.45, 2.75) is 46.8 Å². The molecule has 1 amide bonds. The number of carbonyl (C=O) groups excluding carboxylic acids is 1. The molecule has 0 unspecified atom stereocenters. The van der Waals surface area contributed by atoms with E-state index >= 15 is 0 Å². The van der Waals surface area contributed by atoms with Gasteiger partial charge in [-0.3, -0.25) is 9.48 Å². The molecule has 1 saturated heterocycles. The minimum absolute atomic E-state index is 0.132. The van der Waals surface area contributed by atoms with E-state index in [2.05, 4.69) is 25.0 Å². The second kappa shape index (κ2) is 9.53. The minimum Gasteiger partial charge on any atom is -0.351 e. The van der Waals surface area contributed by atoms with Crippen molar-refractivity contribution in [3.8, 4) is 0 Å². The van der Waals surface area contributed by atoms with Crippen molar-refractivity contribution in [2.24, 2.45) is 0 Å². The summed E-state index contributed by atoms with van der Waals surface area (Å²) in [6.07, 6.45) is -1.34. The van der Waals surface area contributed by atoms with Crippen LogP contribution in [0.1, 0.15) is 37.7 Å². The monoisotopic (exact) mass is 452 g/mol. The van der Waals surface area contributed by atoms with Crippen LogP contribution < -0.4 is 4.90 Å². The number of fused-ring (bicyclic) bond motifs is 1. The van der Waals surface area contributed by atoms with Crippen LogP contribution >= 0.6 is 0 Å². The molecule has 0 radical (unpaired) electrons. The van der Waals surface area contributed by atoms with Gasteiger partial charge < -0.3 is 14.8 Å². The van der Waals surface area contributed by atoms with E-state index in [1.165, 1.54) is 6.33 Å². The molecule has 1 aliphatic heterocycles. The fourth-order valence-electron chi connectivity index (χ4n) is 3.78. The third kappa shape index (κ3) is 4.53. The number of H-pyrrole nitrogens is 1. The molecule has 0 bridgehead atoms. The summed E-state index contributed by atoms with van der Waals surface area (Å²) in [6.45, 7) is 8.96. The lowest BCUT2D eigenvalue weighted by atomic mass is 10.1. The summed E-state index contributed by atoms with van der Waals surface area (Å²) in [5.74, 6) is 0.459. The number of rotatable bonds is 4. The maximum Gasteiger partial charge on any atom is 0.435 e. The van der Waals surface area contributed by atoms with Crippen molar-refractivity contribution < 1.29 is 18.0 Å². The van der Waals surface area contributed by atoms with Crippen LogP contribution in [-0.2, 0) is 23.9 Å². The number of nitrogens with zero attached hydrogens (tertiary/aromatic N) is 7. The van der Waals surface area contributed by atoms with Crippen LogP contribution in [0.4, 0.5) is 19.0 Å². The van der Waals surface area contributed by atoms with Gasteiger partial charge in [-0.05, 0) is 13.3 Å². The van der Waals surface area contributed by atoms with Gasteiger partial charge in [0.2, 0.25) is 5.91 Å². The van der Waals surface area contributed by atoms with Gasteiger partial charge in [0.1, 0.15) is 18.4 Å². The number of piperazine rings is 1. The first-order chi connectivity index (χ1) is 15.3. The Kier molecular flexibility index (Phi) is 6.99. The zero-order valence-electron chi connectivity index (χ0n) is 18.6. The van der Waals surface area contributed by atoms with Crippen LogP contribution in [0.2, 0.25) is 0 Å². The number of nitrogens with one attached hydrogen (secondary N) is 1. The molecule has 32 heavy (non-hydrogen) atoms. The molecule has 4 rings (SSSR count). The molecule has 3 aromatic heterocycles. The van der Waals surface area contributed by atoms with E-state index in [4.69, 9.17) is 0 Å². The third-order valence-corrected chi connectivity index (χ3v) is 5.37. The van der Waals surface area contributed by atoms with Gasteiger partial charge in [-0.2, -0.15) is 18.3 Å². The zero-order chi connectivity index (χ0) is 23.5. The highest BCUT2D eigenvalue weighted by Gasteiger charge is 2.38. The maximum atomic E-state index is 13.2. The number of alkyl halides is 3. The molecule has 174 valence electrons. The topological polar surface area (TPSA) is 95.8 Å². The smallest absolute Gasteiger partial charge is 0.351 e. The van der Waals surface area contributed by atoms with Crippen molar-refractivity contribution in [3.63, 3.8) is 0 Å². The van der Waals surface area contributed by atoms with E-state index in [0.29, 0.717) is 37.5 Å². The zero-order valence-corrected chi connectivity index (χ0v) is 18.6. The highest BCUT2D eigenvalue weighted by Crippen LogP contribution is 2.32. The predicted molar refractivity (Wildman–Crippen MR) is 113 cm³/mol. The molecule has 0 aliphatic carbocycles. The Bertz CT molecular complexity index is 1070. The number of carbonyl (C=O) groups is 1. The molecule has 12 heteroatoms. The number of amides is 1. The number of hydrogen-bond donors (Lipinski definition) is 1. The minimum atomic E-state index is -4.54. The number of aromatic amines is 1. The number of aromatic nitrogens is 6. The van der Waals surface area contributed by atoms with Gasteiger partial charge in [-0.25, -0.2) is 15.0 Å². The van der Waals surface area contributed by atoms with Crippen molar-refractivity contribution in [2.75, 3.05) is 31.1 Å². The van der Waals surface area contributed by atoms with E-state index in [-0.39, 0.29) is 24.4 Å². The molecule has 0 spiro atoms. The Hall–Kier alpha value is -3.18. The van der Waals surface area contributed by atoms with Crippen molar-refractivity contribution in [1.29, 1.82) is 0 Å². The first kappa shape index (κ1) is 23.5. The molecular weight excluding hydrogens is 425 g/mol. The van der Waals surface area contributed by atoms with Gasteiger partial charge >= 0.3 is 6.18 Å². The van der Waals surface area contributed by atoms with Gasteiger partial charge in [-0.1, -0.05) is 20.8 Å². The summed E-state index contributed by atoms with van der Waals surface area (Å²) in [6, 6.07) is 0. The highest BCUT2D eigenvalue weighted by atomic mass is 19.4. The molecule has 3 aromatic rings. The van der Waals surface area contributed by atoms with Crippen LogP contribution in [0.3, 0.4) is 0 Å². The van der Waals surface area contributed by atoms with Crippen LogP contribution in [0.25, 0.3) is 11.2 Å². The van der Waals surface area contributed by atoms with Gasteiger partial charge in [-0.15, -0.1) is 0 Å². The lowest BCUT2D eigenvalue weighted by Gasteiger charge is -2.35. The summed E-state index contributed by atoms with van der Waals surface area (Å²) < 4.78 is 40.8. The second-order valence-electron chi connectivity index (χ2n) is 7.09. The standard InChI is InChI=1S/C18H21F3N8O.C2H6/c1-3-12-11(2)29(26-15(12)18(19,20)21)8-13(30)27-4-6-28(7-5-27)17-14-16(23-9-22-14)24-10-25-17;1-2/h9-10H,3-8H2,1-2H3,(H,22,23,24,25);1-2H3. The van der Waals surface area contributed by atoms with Gasteiger partial charge in [0, 0.05) is 37.4 Å². The summed E-state index contributed by atoms with van der Waals surface area (Å²) in [7, 11) is 0. The lowest BCUT2D eigenvalue weighted by Crippen LogP contribution is -2.50. The van der Waals surface area contributed by atoms with Crippen LogP contribution in [0.15, 0.2) is 12.7 Å². The first-order valence-electron chi connectivity index (χ1n) is 10.6. The molecule has 0 aromatic carbocycles. The fourth-order valence-corrected chi connectivity index (χ4v) is 3.78. The molecule has 1 fully saturated rings. The number of imidazole rings is 1. The average Bonchev–Trinajstić information content (AvgIpc) is 3.39. The van der Waals surface area contributed by atoms with E-state index < -0.39 is 11.9 Å². The molecule has 0 saturated carbocycles. The summed E-state index contributed by atoms with van der Waals surface area (Å²) in [4.78, 5) is 31.9. The Morgan fingerprint density at radius 1 is 1.12 bits per heavy atom. The van der Waals surface area contributed by atoms with Gasteiger partial charge in [0.15, 0.2) is 17.2 Å². The largest absolute Gasteiger partial charge is 0.435 e. The average molecular weight is 452 g/mol. The Morgan fingerprint density at radius 3 is 2.41 bits per heavy atom. The van der Waals surface area contributed by atoms with Gasteiger partial charge in [0.05, 0.1) is 6.33 Å². The number of anilines is 1. The SMILES string of the molecule is CC.CCc1c(C(F)(F)F)nn(CC(=O)N2CCN(c3ncnc4nc[nH]c34)CC2)c1C. The molecular formula is C20H27F3N8O. The van der Waals surface area contributed by atoms with Crippen LogP contribution in [0, 0.1) is 6.92 Å². The van der Waals surface area contributed by atoms with Crippen molar-refractivity contribution in [1.82, 2.24) is 34.6 Å². The Labute approximate surface area is 183 Å². The first-order valence-corrected chi connectivity index (χ1v) is 10.6. The second-order valence-corrected chi connectivity index (χ2v) is 7.09. The molecule has 0 atom stereocenters. The lowest BCUT2D eigenvalue weighted by molar-refractivity contribution is -0.142. The Morgan fingerprint density at radius 2 is 1.81 bits per heavy atom. The van der Waals surface area contributed by atoms with Gasteiger partial charge in [0.25, 0.3) is 0 Å². The predicted octanol–water partition coefficient (Wildman–Crippen LogP) is 2.81. The summed E-state index contributed by atoms with van der Waals surface area (Å²) >= 11 is 0. The van der Waals surface area contributed by atoms with Crippen LogP contribution in [-0.4, -0.2) is 66.7 Å². The van der Waals surface area contributed by atoms with E-state index in [9.17, 15) is 18.0 Å². The van der Waals surface area contributed by atoms with Crippen LogP contribution in [0.5, 0.6) is 0 Å². The van der Waals surface area contributed by atoms with E-state index in [1.54, 1.807) is 25.1 Å². The van der Waals surface area contributed by atoms with E-state index in [0.717, 1.165) is 16.0 Å². The molecule has 4 heterocycles. The molecule has 1 N–H and O–H groups in total. The number of hydrogen-bond acceptors (Lipinski definition) is 6. The van der Waals surface area contributed by atoms with E-state index in [1.807, 2.05) is 18.7 Å². The van der Waals surface area contributed by atoms with Crippen molar-refractivity contribution in [3.05, 3.63) is 29.6 Å². The summed E-state index contributed by atoms with van der Waals surface area (Å²) in [5.41, 5.74) is 0.899. The summed E-state index contributed by atoms with van der Waals surface area (Å²) in [5, 5.41) is 3.68. The quantitative estimate of drug-likeness (QED) is 0.654.